The van der Waals surface area contributed by atoms with Crippen LogP contribution in [0.2, 0.25) is 5.02 Å². The van der Waals surface area contributed by atoms with E-state index in [1.165, 1.54) is 6.92 Å². The number of benzene rings is 1. The summed E-state index contributed by atoms with van der Waals surface area (Å²) in [5.41, 5.74) is 1.27. The highest BCUT2D eigenvalue weighted by atomic mass is 35.5. The molecule has 2 amide bonds. The fourth-order valence-corrected chi connectivity index (χ4v) is 3.07. The molecule has 1 aliphatic rings. The number of nitrogens with zero attached hydrogens (tertiary/aromatic N) is 1. The summed E-state index contributed by atoms with van der Waals surface area (Å²) in [5, 5.41) is 6.23. The van der Waals surface area contributed by atoms with E-state index in [4.69, 9.17) is 16.3 Å². The van der Waals surface area contributed by atoms with E-state index in [1.54, 1.807) is 18.2 Å². The Labute approximate surface area is 147 Å². The van der Waals surface area contributed by atoms with Gasteiger partial charge in [0.2, 0.25) is 11.8 Å². The van der Waals surface area contributed by atoms with Gasteiger partial charge in [-0.1, -0.05) is 11.6 Å². The summed E-state index contributed by atoms with van der Waals surface area (Å²) in [6.07, 6.45) is 0.0765. The summed E-state index contributed by atoms with van der Waals surface area (Å²) < 4.78 is 5.66. The van der Waals surface area contributed by atoms with Crippen LogP contribution in [0.3, 0.4) is 0 Å². The maximum absolute atomic E-state index is 12.6. The van der Waals surface area contributed by atoms with Crippen molar-refractivity contribution in [3.8, 4) is 0 Å². The Balaban J connectivity index is 2.01. The first-order valence-electron chi connectivity index (χ1n) is 8.04. The van der Waals surface area contributed by atoms with Crippen molar-refractivity contribution in [1.29, 1.82) is 0 Å². The second-order valence-corrected chi connectivity index (χ2v) is 6.65. The summed E-state index contributed by atoms with van der Waals surface area (Å²) in [6, 6.07) is 4.81. The summed E-state index contributed by atoms with van der Waals surface area (Å²) in [6.45, 7) is 8.37. The van der Waals surface area contributed by atoms with E-state index in [9.17, 15) is 9.59 Å². The van der Waals surface area contributed by atoms with Crippen molar-refractivity contribution in [3.63, 3.8) is 0 Å². The van der Waals surface area contributed by atoms with Crippen molar-refractivity contribution in [2.45, 2.75) is 45.9 Å². The Morgan fingerprint density at radius 3 is 2.46 bits per heavy atom. The van der Waals surface area contributed by atoms with Gasteiger partial charge >= 0.3 is 0 Å². The smallest absolute Gasteiger partial charge is 0.244 e. The number of nitrogens with one attached hydrogen (secondary N) is 2. The first kappa shape index (κ1) is 18.5. The van der Waals surface area contributed by atoms with Gasteiger partial charge in [0.1, 0.15) is 6.04 Å². The fourth-order valence-electron chi connectivity index (χ4n) is 2.84. The van der Waals surface area contributed by atoms with Gasteiger partial charge < -0.3 is 20.3 Å². The lowest BCUT2D eigenvalue weighted by Crippen LogP contribution is -2.52. The molecule has 1 heterocycles. The molecular weight excluding hydrogens is 330 g/mol. The van der Waals surface area contributed by atoms with Crippen LogP contribution in [0.25, 0.3) is 0 Å². The minimum atomic E-state index is -0.384. The number of morpholine rings is 1. The largest absolute Gasteiger partial charge is 0.374 e. The van der Waals surface area contributed by atoms with Gasteiger partial charge in [-0.05, 0) is 39.0 Å². The molecule has 7 heteroatoms. The molecule has 0 spiro atoms. The van der Waals surface area contributed by atoms with Crippen molar-refractivity contribution in [3.05, 3.63) is 23.2 Å². The van der Waals surface area contributed by atoms with Crippen LogP contribution in [0.15, 0.2) is 18.2 Å². The number of hydrogen-bond donors (Lipinski definition) is 2. The SMILES string of the molecule is CC(=O)Nc1ccc(N[C@H](C)C(=O)N2C[C@H](C)O[C@@H](C)C2)cc1Cl. The third kappa shape index (κ3) is 4.85. The molecule has 1 aromatic rings. The Morgan fingerprint density at radius 2 is 1.92 bits per heavy atom. The number of amides is 2. The Morgan fingerprint density at radius 1 is 1.29 bits per heavy atom. The molecule has 3 atom stereocenters. The van der Waals surface area contributed by atoms with E-state index in [2.05, 4.69) is 10.6 Å². The predicted molar refractivity (Wildman–Crippen MR) is 95.4 cm³/mol. The first-order chi connectivity index (χ1) is 11.3. The molecule has 132 valence electrons. The Kier molecular flexibility index (Phi) is 6.07. The monoisotopic (exact) mass is 353 g/mol. The highest BCUT2D eigenvalue weighted by molar-refractivity contribution is 6.34. The molecule has 1 aliphatic heterocycles. The molecular formula is C17H24ClN3O3. The molecule has 0 aliphatic carbocycles. The van der Waals surface area contributed by atoms with Gasteiger partial charge in [0.25, 0.3) is 0 Å². The van der Waals surface area contributed by atoms with Crippen molar-refractivity contribution >= 4 is 34.8 Å². The third-order valence-electron chi connectivity index (χ3n) is 3.76. The average molecular weight is 354 g/mol. The molecule has 0 bridgehead atoms. The van der Waals surface area contributed by atoms with Crippen molar-refractivity contribution in [1.82, 2.24) is 4.90 Å². The second-order valence-electron chi connectivity index (χ2n) is 6.24. The molecule has 0 aromatic heterocycles. The zero-order valence-corrected chi connectivity index (χ0v) is 15.2. The molecule has 2 rings (SSSR count). The first-order valence-corrected chi connectivity index (χ1v) is 8.42. The molecule has 24 heavy (non-hydrogen) atoms. The summed E-state index contributed by atoms with van der Waals surface area (Å²) in [4.78, 5) is 25.5. The van der Waals surface area contributed by atoms with Crippen molar-refractivity contribution in [2.24, 2.45) is 0 Å². The topological polar surface area (TPSA) is 70.7 Å². The summed E-state index contributed by atoms with van der Waals surface area (Å²) in [5.74, 6) is -0.157. The molecule has 0 saturated carbocycles. The van der Waals surface area contributed by atoms with Crippen molar-refractivity contribution < 1.29 is 14.3 Å². The van der Waals surface area contributed by atoms with E-state index in [-0.39, 0.29) is 30.1 Å². The van der Waals surface area contributed by atoms with E-state index in [0.717, 1.165) is 5.69 Å². The summed E-state index contributed by atoms with van der Waals surface area (Å²) >= 11 is 6.16. The van der Waals surface area contributed by atoms with E-state index in [0.29, 0.717) is 23.8 Å². The van der Waals surface area contributed by atoms with Crippen molar-refractivity contribution in [2.75, 3.05) is 23.7 Å². The number of ether oxygens (including phenoxy) is 1. The van der Waals surface area contributed by atoms with Crippen LogP contribution in [0.5, 0.6) is 0 Å². The zero-order valence-electron chi connectivity index (χ0n) is 14.4. The average Bonchev–Trinajstić information content (AvgIpc) is 2.48. The van der Waals surface area contributed by atoms with Crippen LogP contribution in [0.4, 0.5) is 11.4 Å². The number of hydrogen-bond acceptors (Lipinski definition) is 4. The van der Waals surface area contributed by atoms with Gasteiger partial charge in [-0.25, -0.2) is 0 Å². The van der Waals surface area contributed by atoms with Crippen LogP contribution < -0.4 is 10.6 Å². The molecule has 1 saturated heterocycles. The standard InChI is InChI=1S/C17H24ClN3O3/c1-10-8-21(9-11(2)24-10)17(23)12(3)19-14-5-6-16(15(18)7-14)20-13(4)22/h5-7,10-12,19H,8-9H2,1-4H3,(H,20,22)/t10-,11-,12+/m0/s1. The van der Waals surface area contributed by atoms with E-state index >= 15 is 0 Å². The lowest BCUT2D eigenvalue weighted by atomic mass is 10.2. The molecule has 0 unspecified atom stereocenters. The van der Waals surface area contributed by atoms with E-state index in [1.807, 2.05) is 25.7 Å². The van der Waals surface area contributed by atoms with Gasteiger partial charge in [-0.2, -0.15) is 0 Å². The highest BCUT2D eigenvalue weighted by Crippen LogP contribution is 2.26. The number of carbonyl (C=O) groups excluding carboxylic acids is 2. The molecule has 1 aromatic carbocycles. The molecule has 0 radical (unpaired) electrons. The predicted octanol–water partition coefficient (Wildman–Crippen LogP) is 2.73. The fraction of sp³-hybridized carbons (Fsp3) is 0.529. The quantitative estimate of drug-likeness (QED) is 0.873. The maximum atomic E-state index is 12.6. The normalized spacial score (nSPS) is 22.0. The van der Waals surface area contributed by atoms with Crippen LogP contribution in [0.1, 0.15) is 27.7 Å². The molecule has 6 nitrogen and oxygen atoms in total. The Hall–Kier alpha value is -1.79. The second kappa shape index (κ2) is 7.85. The minimum Gasteiger partial charge on any atom is -0.374 e. The highest BCUT2D eigenvalue weighted by Gasteiger charge is 2.28. The Bertz CT molecular complexity index is 613. The van der Waals surface area contributed by atoms with Crippen LogP contribution in [-0.2, 0) is 14.3 Å². The van der Waals surface area contributed by atoms with Crippen LogP contribution in [0, 0.1) is 0 Å². The zero-order chi connectivity index (χ0) is 17.9. The number of anilines is 2. The third-order valence-corrected chi connectivity index (χ3v) is 4.08. The maximum Gasteiger partial charge on any atom is 0.244 e. The van der Waals surface area contributed by atoms with Gasteiger partial charge in [0.15, 0.2) is 0 Å². The minimum absolute atomic E-state index is 0.0269. The van der Waals surface area contributed by atoms with Gasteiger partial charge in [-0.15, -0.1) is 0 Å². The lowest BCUT2D eigenvalue weighted by molar-refractivity contribution is -0.143. The molecule has 1 fully saturated rings. The number of rotatable bonds is 4. The van der Waals surface area contributed by atoms with Gasteiger partial charge in [0.05, 0.1) is 22.9 Å². The van der Waals surface area contributed by atoms with Gasteiger partial charge in [-0.3, -0.25) is 9.59 Å². The lowest BCUT2D eigenvalue weighted by Gasteiger charge is -2.36. The number of halogens is 1. The molecule has 2 N–H and O–H groups in total. The van der Waals surface area contributed by atoms with Crippen LogP contribution >= 0.6 is 11.6 Å². The number of carbonyl (C=O) groups is 2. The van der Waals surface area contributed by atoms with E-state index < -0.39 is 0 Å². The van der Waals surface area contributed by atoms with Crippen LogP contribution in [-0.4, -0.2) is 48.1 Å². The summed E-state index contributed by atoms with van der Waals surface area (Å²) in [7, 11) is 0. The van der Waals surface area contributed by atoms with Gasteiger partial charge in [0, 0.05) is 25.7 Å².